The van der Waals surface area contributed by atoms with Crippen LogP contribution in [-0.2, 0) is 17.6 Å². The van der Waals surface area contributed by atoms with Crippen molar-refractivity contribution in [2.75, 3.05) is 27.3 Å². The molecule has 2 aromatic rings. The smallest absolute Gasteiger partial charge is 0.161 e. The molecule has 34 heavy (non-hydrogen) atoms. The van der Waals surface area contributed by atoms with Gasteiger partial charge in [-0.1, -0.05) is 44.4 Å². The summed E-state index contributed by atoms with van der Waals surface area (Å²) in [7, 11) is 3.37. The summed E-state index contributed by atoms with van der Waals surface area (Å²) in [5, 5.41) is 22.8. The largest absolute Gasteiger partial charge is 0.504 e. The molecule has 0 bridgehead atoms. The Bertz CT molecular complexity index is 925. The van der Waals surface area contributed by atoms with Gasteiger partial charge in [0.15, 0.2) is 28.8 Å². The van der Waals surface area contributed by atoms with Crippen LogP contribution in [0.3, 0.4) is 0 Å². The lowest BCUT2D eigenvalue weighted by molar-refractivity contribution is -0.114. The average Bonchev–Trinajstić information content (AvgIpc) is 2.84. The van der Waals surface area contributed by atoms with Gasteiger partial charge in [0.05, 0.1) is 7.11 Å². The van der Waals surface area contributed by atoms with Gasteiger partial charge in [-0.3, -0.25) is 4.79 Å². The van der Waals surface area contributed by atoms with Crippen LogP contribution < -0.4 is 14.8 Å². The minimum atomic E-state index is 0.0781. The normalized spacial score (nSPS) is 12.1. The number of methoxy groups -OCH3 is 1. The number of benzene rings is 2. The molecular weight excluding hydrogens is 430 g/mol. The molecule has 3 N–H and O–H groups in total. The molecule has 0 aliphatic heterocycles. The Morgan fingerprint density at radius 1 is 1.06 bits per heavy atom. The van der Waals surface area contributed by atoms with E-state index in [-0.39, 0.29) is 23.2 Å². The summed E-state index contributed by atoms with van der Waals surface area (Å²) >= 11 is 0. The molecule has 2 rings (SSSR count). The molecule has 6 nitrogen and oxygen atoms in total. The van der Waals surface area contributed by atoms with E-state index in [0.717, 1.165) is 43.2 Å². The topological polar surface area (TPSA) is 88.0 Å². The zero-order valence-electron chi connectivity index (χ0n) is 20.7. The molecule has 0 saturated carbocycles. The number of carbonyl (C=O) groups excluding carboxylic acids is 1. The molecule has 0 aromatic heterocycles. The van der Waals surface area contributed by atoms with Gasteiger partial charge in [0.25, 0.3) is 0 Å². The third kappa shape index (κ3) is 9.48. The van der Waals surface area contributed by atoms with E-state index in [1.54, 1.807) is 24.3 Å². The second-order valence-electron chi connectivity index (χ2n) is 8.55. The fourth-order valence-electron chi connectivity index (χ4n) is 3.76. The average molecular weight is 470 g/mol. The molecule has 0 radical (unpaired) electrons. The van der Waals surface area contributed by atoms with Gasteiger partial charge in [-0.25, -0.2) is 0 Å². The zero-order valence-corrected chi connectivity index (χ0v) is 20.7. The lowest BCUT2D eigenvalue weighted by atomic mass is 9.92. The number of nitrogens with one attached hydrogen (secondary N) is 1. The number of unbranched alkanes of at least 4 members (excludes halogenated alkanes) is 2. The first kappa shape index (κ1) is 27.3. The first-order valence-electron chi connectivity index (χ1n) is 12.1. The highest BCUT2D eigenvalue weighted by atomic mass is 16.5. The number of phenolic OH excluding ortho intramolecular Hbond substituents is 2. The number of likely N-dealkylation sites (N-methyl/N-ethyl adjacent to an activating group) is 1. The van der Waals surface area contributed by atoms with Crippen LogP contribution in [0.2, 0.25) is 0 Å². The molecule has 0 saturated heterocycles. The molecule has 0 spiro atoms. The Morgan fingerprint density at radius 2 is 1.76 bits per heavy atom. The number of allylic oxidation sites excluding steroid dienone is 2. The van der Waals surface area contributed by atoms with Crippen molar-refractivity contribution in [1.29, 1.82) is 0 Å². The summed E-state index contributed by atoms with van der Waals surface area (Å²) < 4.78 is 10.8. The molecule has 0 amide bonds. The molecule has 0 heterocycles. The predicted octanol–water partition coefficient (Wildman–Crippen LogP) is 5.20. The third-order valence-corrected chi connectivity index (χ3v) is 5.77. The van der Waals surface area contributed by atoms with E-state index in [9.17, 15) is 15.0 Å². The summed E-state index contributed by atoms with van der Waals surface area (Å²) in [4.78, 5) is 12.5. The van der Waals surface area contributed by atoms with Crippen LogP contribution in [-0.4, -0.2) is 43.3 Å². The van der Waals surface area contributed by atoms with E-state index in [4.69, 9.17) is 9.47 Å². The van der Waals surface area contributed by atoms with Crippen LogP contribution in [0.15, 0.2) is 48.6 Å². The summed E-state index contributed by atoms with van der Waals surface area (Å²) in [6, 6.07) is 10.7. The van der Waals surface area contributed by atoms with Gasteiger partial charge in [-0.2, -0.15) is 0 Å². The lowest BCUT2D eigenvalue weighted by Gasteiger charge is -2.15. The molecule has 0 aliphatic rings. The van der Waals surface area contributed by atoms with Gasteiger partial charge in [-0.05, 0) is 73.7 Å². The molecule has 0 fully saturated rings. The lowest BCUT2D eigenvalue weighted by Crippen LogP contribution is -2.16. The highest BCUT2D eigenvalue weighted by molar-refractivity contribution is 5.89. The Hall–Kier alpha value is -2.99. The quantitative estimate of drug-likeness (QED) is 0.231. The van der Waals surface area contributed by atoms with Crippen LogP contribution in [0, 0.1) is 5.92 Å². The highest BCUT2D eigenvalue weighted by Crippen LogP contribution is 2.29. The number of aromatic hydroxyl groups is 2. The molecule has 2 aromatic carbocycles. The zero-order chi connectivity index (χ0) is 24.8. The highest BCUT2D eigenvalue weighted by Gasteiger charge is 2.11. The van der Waals surface area contributed by atoms with Crippen molar-refractivity contribution in [3.05, 3.63) is 59.7 Å². The first-order valence-corrected chi connectivity index (χ1v) is 12.1. The molecular formula is C28H39NO5. The van der Waals surface area contributed by atoms with Crippen LogP contribution in [0.1, 0.15) is 50.2 Å². The maximum absolute atomic E-state index is 12.5. The SMILES string of the molecule is CCCCC[C@H](C=CC(=O)CCc1ccc(O)c(OC)c1)Cc1ccc(O)c(OCCNC)c1. The maximum atomic E-state index is 12.5. The molecule has 1 atom stereocenters. The standard InChI is InChI=1S/C28H39NO5/c1-4-5-6-7-21(18-23-11-15-26(32)28(20-23)34-17-16-29-2)8-12-24(30)13-9-22-10-14-25(31)27(19-22)33-3/h8,10-12,14-15,19-21,29,31-32H,4-7,9,13,16-18H2,1-3H3/t21-/m1/s1. The van der Waals surface area contributed by atoms with Gasteiger partial charge in [0.1, 0.15) is 6.61 Å². The fourth-order valence-corrected chi connectivity index (χ4v) is 3.76. The van der Waals surface area contributed by atoms with Gasteiger partial charge < -0.3 is 25.0 Å². The monoisotopic (exact) mass is 469 g/mol. The van der Waals surface area contributed by atoms with Crippen molar-refractivity contribution < 1.29 is 24.5 Å². The molecule has 6 heteroatoms. The summed E-state index contributed by atoms with van der Waals surface area (Å²) in [6.45, 7) is 3.36. The number of ketones is 1. The van der Waals surface area contributed by atoms with Crippen molar-refractivity contribution in [3.63, 3.8) is 0 Å². The number of phenols is 2. The van der Waals surface area contributed by atoms with Crippen molar-refractivity contribution >= 4 is 5.78 Å². The summed E-state index contributed by atoms with van der Waals surface area (Å²) in [5.74, 6) is 1.45. The molecule has 0 unspecified atom stereocenters. The van der Waals surface area contributed by atoms with E-state index >= 15 is 0 Å². The number of rotatable bonds is 16. The van der Waals surface area contributed by atoms with E-state index in [1.807, 2.05) is 31.3 Å². The predicted molar refractivity (Wildman–Crippen MR) is 136 cm³/mol. The van der Waals surface area contributed by atoms with Crippen LogP contribution in [0.25, 0.3) is 0 Å². The van der Waals surface area contributed by atoms with Crippen molar-refractivity contribution in [2.45, 2.75) is 51.9 Å². The van der Waals surface area contributed by atoms with Crippen molar-refractivity contribution in [3.8, 4) is 23.0 Å². The molecule has 186 valence electrons. The van der Waals surface area contributed by atoms with Gasteiger partial charge in [0, 0.05) is 13.0 Å². The first-order chi connectivity index (χ1) is 16.5. The molecule has 0 aliphatic carbocycles. The van der Waals surface area contributed by atoms with Gasteiger partial charge in [-0.15, -0.1) is 0 Å². The minimum Gasteiger partial charge on any atom is -0.504 e. The Morgan fingerprint density at radius 3 is 2.47 bits per heavy atom. The Kier molecular flexibility index (Phi) is 12.0. The third-order valence-electron chi connectivity index (χ3n) is 5.77. The van der Waals surface area contributed by atoms with E-state index < -0.39 is 0 Å². The Labute approximate surface area is 203 Å². The summed E-state index contributed by atoms with van der Waals surface area (Å²) in [6.07, 6.45) is 9.93. The fraction of sp³-hybridized carbons (Fsp3) is 0.464. The van der Waals surface area contributed by atoms with E-state index in [1.165, 1.54) is 7.11 Å². The van der Waals surface area contributed by atoms with Gasteiger partial charge in [0.2, 0.25) is 0 Å². The van der Waals surface area contributed by atoms with E-state index in [0.29, 0.717) is 37.5 Å². The summed E-state index contributed by atoms with van der Waals surface area (Å²) in [5.41, 5.74) is 2.03. The number of aryl methyl sites for hydroxylation is 1. The van der Waals surface area contributed by atoms with Crippen LogP contribution in [0.4, 0.5) is 0 Å². The van der Waals surface area contributed by atoms with Crippen LogP contribution >= 0.6 is 0 Å². The van der Waals surface area contributed by atoms with E-state index in [2.05, 4.69) is 12.2 Å². The Balaban J connectivity index is 2.00. The number of hydrogen-bond donors (Lipinski definition) is 3. The maximum Gasteiger partial charge on any atom is 0.161 e. The second kappa shape index (κ2) is 15.0. The minimum absolute atomic E-state index is 0.0781. The van der Waals surface area contributed by atoms with Crippen molar-refractivity contribution in [1.82, 2.24) is 5.32 Å². The second-order valence-corrected chi connectivity index (χ2v) is 8.55. The number of ether oxygens (including phenoxy) is 2. The van der Waals surface area contributed by atoms with Crippen LogP contribution in [0.5, 0.6) is 23.0 Å². The van der Waals surface area contributed by atoms with Crippen molar-refractivity contribution in [2.24, 2.45) is 5.92 Å². The number of carbonyl (C=O) groups is 1. The van der Waals surface area contributed by atoms with Gasteiger partial charge >= 0.3 is 0 Å². The number of hydrogen-bond acceptors (Lipinski definition) is 6.